The summed E-state index contributed by atoms with van der Waals surface area (Å²) in [6, 6.07) is 6.05. The number of hydrogen-bond acceptors (Lipinski definition) is 7. The number of nitrogens with one attached hydrogen (secondary N) is 3. The first kappa shape index (κ1) is 26.2. The van der Waals surface area contributed by atoms with E-state index >= 15 is 0 Å². The Labute approximate surface area is 181 Å². The van der Waals surface area contributed by atoms with Gasteiger partial charge in [-0.15, -0.1) is 0 Å². The predicted molar refractivity (Wildman–Crippen MR) is 113 cm³/mol. The summed E-state index contributed by atoms with van der Waals surface area (Å²) in [5.41, 5.74) is 1.31. The molecule has 0 saturated carbocycles. The van der Waals surface area contributed by atoms with Gasteiger partial charge in [-0.2, -0.15) is 0 Å². The average Bonchev–Trinajstić information content (AvgIpc) is 2.74. The number of carboxylic acids is 1. The lowest BCUT2D eigenvalue weighted by Gasteiger charge is -2.11. The van der Waals surface area contributed by atoms with Crippen molar-refractivity contribution < 1.29 is 33.8 Å². The number of likely N-dealkylation sites (N-methyl/N-ethyl adjacent to an activating group) is 1. The molecule has 0 fully saturated rings. The second-order valence-electron chi connectivity index (χ2n) is 6.81. The summed E-state index contributed by atoms with van der Waals surface area (Å²) in [6.07, 6.45) is 0.301. The monoisotopic (exact) mass is 437 g/mol. The Morgan fingerprint density at radius 3 is 2.29 bits per heavy atom. The molecule has 0 aliphatic heterocycles. The molecule has 1 rings (SSSR count). The van der Waals surface area contributed by atoms with Crippen molar-refractivity contribution in [2.24, 2.45) is 0 Å². The van der Waals surface area contributed by atoms with Gasteiger partial charge in [0.2, 0.25) is 5.91 Å². The number of ketones is 1. The highest BCUT2D eigenvalue weighted by molar-refractivity contribution is 5.94. The van der Waals surface area contributed by atoms with Crippen molar-refractivity contribution in [2.75, 3.05) is 40.0 Å². The lowest BCUT2D eigenvalue weighted by atomic mass is 10.1. The van der Waals surface area contributed by atoms with Crippen LogP contribution >= 0.6 is 0 Å². The van der Waals surface area contributed by atoms with Gasteiger partial charge in [-0.05, 0) is 38.1 Å². The quantitative estimate of drug-likeness (QED) is 0.267. The normalized spacial score (nSPS) is 11.5. The van der Waals surface area contributed by atoms with E-state index in [-0.39, 0.29) is 43.6 Å². The number of Topliss-reactive ketones (excluding diaryl/α,β-unsaturated/α-hetero) is 1. The van der Waals surface area contributed by atoms with Crippen molar-refractivity contribution in [2.45, 2.75) is 32.4 Å². The summed E-state index contributed by atoms with van der Waals surface area (Å²) in [5.74, 6) is -1.51. The van der Waals surface area contributed by atoms with Crippen molar-refractivity contribution in [1.29, 1.82) is 0 Å². The van der Waals surface area contributed by atoms with Crippen LogP contribution in [0.1, 0.15) is 35.7 Å². The fraction of sp³-hybridized carbons (Fsp3) is 0.524. The maximum Gasteiger partial charge on any atom is 0.320 e. The molecule has 0 aliphatic carbocycles. The predicted octanol–water partition coefficient (Wildman–Crippen LogP) is 0.108. The minimum absolute atomic E-state index is 0.0425. The Bertz CT molecular complexity index is 722. The van der Waals surface area contributed by atoms with E-state index in [2.05, 4.69) is 16.0 Å². The number of aliphatic carboxylic acids is 1. The Morgan fingerprint density at radius 1 is 1.00 bits per heavy atom. The third-order valence-corrected chi connectivity index (χ3v) is 4.22. The van der Waals surface area contributed by atoms with Gasteiger partial charge in [-0.1, -0.05) is 12.1 Å². The van der Waals surface area contributed by atoms with Gasteiger partial charge in [0.1, 0.15) is 12.6 Å². The maximum absolute atomic E-state index is 12.1. The molecule has 10 nitrogen and oxygen atoms in total. The first-order chi connectivity index (χ1) is 14.8. The number of benzene rings is 1. The third kappa shape index (κ3) is 11.8. The first-order valence-electron chi connectivity index (χ1n) is 10.0. The molecule has 0 saturated heterocycles. The number of rotatable bonds is 16. The van der Waals surface area contributed by atoms with Crippen molar-refractivity contribution in [3.05, 3.63) is 35.4 Å². The number of ether oxygens (including phenoxy) is 2. The smallest absolute Gasteiger partial charge is 0.320 e. The summed E-state index contributed by atoms with van der Waals surface area (Å²) >= 11 is 0. The molecule has 172 valence electrons. The van der Waals surface area contributed by atoms with Gasteiger partial charge in [0.15, 0.2) is 5.78 Å². The molecule has 2 amide bonds. The summed E-state index contributed by atoms with van der Waals surface area (Å²) in [5, 5.41) is 17.0. The number of carboxylic acid groups (broad SMARTS) is 1. The summed E-state index contributed by atoms with van der Waals surface area (Å²) < 4.78 is 10.4. The highest BCUT2D eigenvalue weighted by Crippen LogP contribution is 2.05. The fourth-order valence-corrected chi connectivity index (χ4v) is 2.50. The van der Waals surface area contributed by atoms with Crippen molar-refractivity contribution in [1.82, 2.24) is 16.0 Å². The molecule has 4 N–H and O–H groups in total. The molecule has 0 spiro atoms. The van der Waals surface area contributed by atoms with Gasteiger partial charge in [0.25, 0.3) is 5.91 Å². The molecule has 0 radical (unpaired) electrons. The van der Waals surface area contributed by atoms with E-state index in [9.17, 15) is 19.2 Å². The van der Waals surface area contributed by atoms with Crippen LogP contribution in [0.2, 0.25) is 0 Å². The van der Waals surface area contributed by atoms with Crippen molar-refractivity contribution >= 4 is 23.6 Å². The molecular weight excluding hydrogens is 406 g/mol. The Hall–Kier alpha value is -2.82. The minimum atomic E-state index is -0.991. The zero-order chi connectivity index (χ0) is 23.1. The van der Waals surface area contributed by atoms with Crippen LogP contribution in [0, 0.1) is 0 Å². The number of hydrogen-bond donors (Lipinski definition) is 4. The Balaban J connectivity index is 2.23. The number of carbonyl (C=O) groups is 4. The second kappa shape index (κ2) is 15.1. The maximum atomic E-state index is 12.1. The van der Waals surface area contributed by atoms with Crippen LogP contribution in [0.4, 0.5) is 0 Å². The molecule has 0 bridgehead atoms. The standard InChI is InChI=1S/C21H31N3O7/c1-15(25)14-31-12-11-30-10-9-23-20(27)17-5-3-16(4-6-17)13-24-19(26)8-7-18(22-2)21(28)29/h3-6,18,22H,7-14H2,1-2H3,(H,23,27)(H,24,26)(H,28,29)/t18-/m0/s1. The molecule has 0 unspecified atom stereocenters. The largest absolute Gasteiger partial charge is 0.480 e. The zero-order valence-corrected chi connectivity index (χ0v) is 17.9. The van der Waals surface area contributed by atoms with Gasteiger partial charge < -0.3 is 30.5 Å². The lowest BCUT2D eigenvalue weighted by Crippen LogP contribution is -2.35. The van der Waals surface area contributed by atoms with Gasteiger partial charge in [0, 0.05) is 25.1 Å². The molecule has 0 heterocycles. The van der Waals surface area contributed by atoms with Gasteiger partial charge in [-0.25, -0.2) is 0 Å². The summed E-state index contributed by atoms with van der Waals surface area (Å²) in [7, 11) is 1.54. The SMILES string of the molecule is CN[C@@H](CCC(=O)NCc1ccc(C(=O)NCCOCCOCC(C)=O)cc1)C(=O)O. The molecule has 10 heteroatoms. The van der Waals surface area contributed by atoms with E-state index in [4.69, 9.17) is 14.6 Å². The van der Waals surface area contributed by atoms with E-state index in [1.807, 2.05) is 0 Å². The van der Waals surface area contributed by atoms with Crippen molar-refractivity contribution in [3.8, 4) is 0 Å². The second-order valence-corrected chi connectivity index (χ2v) is 6.81. The van der Waals surface area contributed by atoms with Crippen LogP contribution in [0.25, 0.3) is 0 Å². The van der Waals surface area contributed by atoms with E-state index in [0.29, 0.717) is 31.9 Å². The molecule has 1 atom stereocenters. The van der Waals surface area contributed by atoms with Gasteiger partial charge >= 0.3 is 5.97 Å². The van der Waals surface area contributed by atoms with Crippen LogP contribution in [-0.4, -0.2) is 74.7 Å². The molecule has 1 aromatic rings. The van der Waals surface area contributed by atoms with E-state index < -0.39 is 12.0 Å². The Kier molecular flexibility index (Phi) is 12.7. The highest BCUT2D eigenvalue weighted by atomic mass is 16.5. The first-order valence-corrected chi connectivity index (χ1v) is 10.0. The fourth-order valence-electron chi connectivity index (χ4n) is 2.50. The van der Waals surface area contributed by atoms with E-state index in [1.165, 1.54) is 14.0 Å². The van der Waals surface area contributed by atoms with Crippen LogP contribution in [0.3, 0.4) is 0 Å². The Morgan fingerprint density at radius 2 is 1.68 bits per heavy atom. The van der Waals surface area contributed by atoms with Crippen LogP contribution in [-0.2, 0) is 30.4 Å². The van der Waals surface area contributed by atoms with Gasteiger partial charge in [-0.3, -0.25) is 19.2 Å². The lowest BCUT2D eigenvalue weighted by molar-refractivity contribution is -0.139. The van der Waals surface area contributed by atoms with Crippen LogP contribution in [0.5, 0.6) is 0 Å². The number of carbonyl (C=O) groups excluding carboxylic acids is 3. The zero-order valence-electron chi connectivity index (χ0n) is 17.9. The molecule has 0 aromatic heterocycles. The topological polar surface area (TPSA) is 143 Å². The highest BCUT2D eigenvalue weighted by Gasteiger charge is 2.16. The summed E-state index contributed by atoms with van der Waals surface area (Å²) in [4.78, 5) is 45.6. The van der Waals surface area contributed by atoms with E-state index in [0.717, 1.165) is 5.56 Å². The molecule has 0 aliphatic rings. The van der Waals surface area contributed by atoms with Crippen LogP contribution < -0.4 is 16.0 Å². The van der Waals surface area contributed by atoms with E-state index in [1.54, 1.807) is 24.3 Å². The average molecular weight is 437 g/mol. The third-order valence-electron chi connectivity index (χ3n) is 4.22. The minimum Gasteiger partial charge on any atom is -0.480 e. The summed E-state index contributed by atoms with van der Waals surface area (Å²) in [6.45, 7) is 3.14. The molecular formula is C21H31N3O7. The number of amides is 2. The van der Waals surface area contributed by atoms with Crippen LogP contribution in [0.15, 0.2) is 24.3 Å². The van der Waals surface area contributed by atoms with Gasteiger partial charge in [0.05, 0.1) is 19.8 Å². The van der Waals surface area contributed by atoms with Crippen molar-refractivity contribution in [3.63, 3.8) is 0 Å². The molecule has 31 heavy (non-hydrogen) atoms. The molecule has 1 aromatic carbocycles.